The Morgan fingerprint density at radius 2 is 2.47 bits per heavy atom. The molecule has 1 aromatic heterocycles. The highest BCUT2D eigenvalue weighted by Crippen LogP contribution is 2.14. The smallest absolute Gasteiger partial charge is 0.247 e. The molecule has 1 aromatic rings. The van der Waals surface area contributed by atoms with Gasteiger partial charge in [0.15, 0.2) is 0 Å². The van der Waals surface area contributed by atoms with Crippen molar-refractivity contribution in [1.29, 1.82) is 5.26 Å². The molecule has 0 bridgehead atoms. The van der Waals surface area contributed by atoms with Gasteiger partial charge in [-0.25, -0.2) is 0 Å². The van der Waals surface area contributed by atoms with E-state index in [0.29, 0.717) is 11.4 Å². The Hall–Kier alpha value is -1.42. The van der Waals surface area contributed by atoms with Crippen LogP contribution in [-0.4, -0.2) is 23.7 Å². The van der Waals surface area contributed by atoms with Gasteiger partial charge in [0, 0.05) is 18.0 Å². The lowest BCUT2D eigenvalue weighted by atomic mass is 10.3. The summed E-state index contributed by atoms with van der Waals surface area (Å²) >= 11 is 1.37. The molecule has 1 atom stereocenters. The van der Waals surface area contributed by atoms with E-state index in [9.17, 15) is 4.79 Å². The van der Waals surface area contributed by atoms with Gasteiger partial charge in [-0.15, -0.1) is 11.3 Å². The Morgan fingerprint density at radius 3 is 3.00 bits per heavy atom. The lowest BCUT2D eigenvalue weighted by molar-refractivity contribution is -0.125. The number of hydrogen-bond donors (Lipinski definition) is 3. The van der Waals surface area contributed by atoms with Crippen LogP contribution in [0.4, 0.5) is 0 Å². The van der Waals surface area contributed by atoms with Crippen molar-refractivity contribution in [3.63, 3.8) is 0 Å². The standard InChI is InChI=1S/C9H11N3O2S/c10-3-6-1-2-7(15-6)4-12-5-8(13)9(11)14/h1-2,8,12-13H,4-5H2,(H2,11,14). The van der Waals surface area contributed by atoms with Gasteiger partial charge in [0.2, 0.25) is 5.91 Å². The number of aliphatic hydroxyl groups excluding tert-OH is 1. The van der Waals surface area contributed by atoms with Crippen LogP contribution in [0.2, 0.25) is 0 Å². The molecule has 5 nitrogen and oxygen atoms in total. The average molecular weight is 225 g/mol. The fraction of sp³-hybridized carbons (Fsp3) is 0.333. The van der Waals surface area contributed by atoms with Crippen molar-refractivity contribution >= 4 is 17.2 Å². The third-order valence-corrected chi connectivity index (χ3v) is 2.73. The highest BCUT2D eigenvalue weighted by Gasteiger charge is 2.09. The number of thiophene rings is 1. The maximum Gasteiger partial charge on any atom is 0.247 e. The number of primary amides is 1. The number of nitrogens with zero attached hydrogens (tertiary/aromatic N) is 1. The van der Waals surface area contributed by atoms with Gasteiger partial charge >= 0.3 is 0 Å². The van der Waals surface area contributed by atoms with Crippen molar-refractivity contribution in [2.75, 3.05) is 6.54 Å². The van der Waals surface area contributed by atoms with Crippen molar-refractivity contribution < 1.29 is 9.90 Å². The van der Waals surface area contributed by atoms with Gasteiger partial charge < -0.3 is 16.2 Å². The third-order valence-electron chi connectivity index (χ3n) is 1.74. The summed E-state index contributed by atoms with van der Waals surface area (Å²) in [5, 5.41) is 20.5. The number of nitrogens with one attached hydrogen (secondary N) is 1. The van der Waals surface area contributed by atoms with Crippen LogP contribution in [0.25, 0.3) is 0 Å². The minimum atomic E-state index is -1.17. The maximum absolute atomic E-state index is 10.5. The Kier molecular flexibility index (Phi) is 4.24. The lowest BCUT2D eigenvalue weighted by Gasteiger charge is -2.06. The number of nitrogens with two attached hydrogens (primary N) is 1. The molecule has 6 heteroatoms. The molecule has 0 radical (unpaired) electrons. The van der Waals surface area contributed by atoms with E-state index < -0.39 is 12.0 Å². The molecule has 0 saturated heterocycles. The minimum Gasteiger partial charge on any atom is -0.382 e. The quantitative estimate of drug-likeness (QED) is 0.632. The summed E-state index contributed by atoms with van der Waals surface area (Å²) in [5.41, 5.74) is 4.87. The summed E-state index contributed by atoms with van der Waals surface area (Å²) < 4.78 is 0. The normalized spacial score (nSPS) is 12.0. The van der Waals surface area contributed by atoms with Crippen LogP contribution in [-0.2, 0) is 11.3 Å². The van der Waals surface area contributed by atoms with Crippen molar-refractivity contribution in [3.8, 4) is 6.07 Å². The second-order valence-electron chi connectivity index (χ2n) is 2.93. The molecule has 0 aromatic carbocycles. The number of hydrogen-bond acceptors (Lipinski definition) is 5. The van der Waals surface area contributed by atoms with E-state index >= 15 is 0 Å². The first-order chi connectivity index (χ1) is 7.13. The monoisotopic (exact) mass is 225 g/mol. The third kappa shape index (κ3) is 3.67. The summed E-state index contributed by atoms with van der Waals surface area (Å²) in [7, 11) is 0. The van der Waals surface area contributed by atoms with Gasteiger partial charge in [0.25, 0.3) is 0 Å². The van der Waals surface area contributed by atoms with Crippen LogP contribution in [0.1, 0.15) is 9.75 Å². The molecule has 80 valence electrons. The first-order valence-corrected chi connectivity index (χ1v) is 5.12. The molecule has 15 heavy (non-hydrogen) atoms. The first-order valence-electron chi connectivity index (χ1n) is 4.30. The number of carbonyl (C=O) groups is 1. The van der Waals surface area contributed by atoms with Crippen LogP contribution in [0.5, 0.6) is 0 Å². The molecule has 0 spiro atoms. The second-order valence-corrected chi connectivity index (χ2v) is 4.10. The predicted octanol–water partition coefficient (Wildman–Crippen LogP) is -0.444. The molecule has 1 unspecified atom stereocenters. The highest BCUT2D eigenvalue weighted by atomic mass is 32.1. The zero-order chi connectivity index (χ0) is 11.3. The predicted molar refractivity (Wildman–Crippen MR) is 55.9 cm³/mol. The summed E-state index contributed by atoms with van der Waals surface area (Å²) in [6.45, 7) is 0.631. The molecular weight excluding hydrogens is 214 g/mol. The first kappa shape index (κ1) is 11.7. The van der Waals surface area contributed by atoms with E-state index in [-0.39, 0.29) is 6.54 Å². The minimum absolute atomic E-state index is 0.120. The van der Waals surface area contributed by atoms with Crippen molar-refractivity contribution in [2.24, 2.45) is 5.73 Å². The summed E-state index contributed by atoms with van der Waals surface area (Å²) in [4.78, 5) is 12.1. The molecule has 1 rings (SSSR count). The fourth-order valence-corrected chi connectivity index (χ4v) is 1.74. The highest BCUT2D eigenvalue weighted by molar-refractivity contribution is 7.12. The van der Waals surface area contributed by atoms with Gasteiger partial charge in [-0.05, 0) is 12.1 Å². The molecule has 1 amide bonds. The van der Waals surface area contributed by atoms with E-state index in [0.717, 1.165) is 4.88 Å². The molecule has 0 aliphatic heterocycles. The number of carbonyl (C=O) groups excluding carboxylic acids is 1. The largest absolute Gasteiger partial charge is 0.382 e. The molecule has 0 aliphatic carbocycles. The molecule has 1 heterocycles. The van der Waals surface area contributed by atoms with Gasteiger partial charge in [-0.1, -0.05) is 0 Å². The zero-order valence-electron chi connectivity index (χ0n) is 7.93. The topological polar surface area (TPSA) is 99.1 Å². The van der Waals surface area contributed by atoms with E-state index in [1.807, 2.05) is 12.1 Å². The lowest BCUT2D eigenvalue weighted by Crippen LogP contribution is -2.37. The van der Waals surface area contributed by atoms with Crippen molar-refractivity contribution in [3.05, 3.63) is 21.9 Å². The van der Waals surface area contributed by atoms with Crippen LogP contribution in [0.15, 0.2) is 12.1 Å². The molecule has 4 N–H and O–H groups in total. The maximum atomic E-state index is 10.5. The van der Waals surface area contributed by atoms with Crippen molar-refractivity contribution in [1.82, 2.24) is 5.32 Å². The average Bonchev–Trinajstić information content (AvgIpc) is 2.65. The van der Waals surface area contributed by atoms with Crippen LogP contribution in [0.3, 0.4) is 0 Å². The van der Waals surface area contributed by atoms with E-state index in [4.69, 9.17) is 16.1 Å². The molecular formula is C9H11N3O2S. The van der Waals surface area contributed by atoms with Gasteiger partial charge in [0.05, 0.1) is 0 Å². The van der Waals surface area contributed by atoms with Gasteiger partial charge in [-0.2, -0.15) is 5.26 Å². The van der Waals surface area contributed by atoms with Crippen LogP contribution >= 0.6 is 11.3 Å². The summed E-state index contributed by atoms with van der Waals surface area (Å²) in [6, 6.07) is 5.59. The Labute approximate surface area is 91.1 Å². The SMILES string of the molecule is N#Cc1ccc(CNCC(O)C(N)=O)s1. The number of rotatable bonds is 5. The second kappa shape index (κ2) is 5.46. The van der Waals surface area contributed by atoms with Gasteiger partial charge in [-0.3, -0.25) is 4.79 Å². The number of amides is 1. The number of nitriles is 1. The van der Waals surface area contributed by atoms with Crippen molar-refractivity contribution in [2.45, 2.75) is 12.6 Å². The Morgan fingerprint density at radius 1 is 1.73 bits per heavy atom. The Bertz CT molecular complexity index is 383. The number of aliphatic hydroxyl groups is 1. The fourth-order valence-electron chi connectivity index (χ4n) is 0.966. The van der Waals surface area contributed by atoms with E-state index in [2.05, 4.69) is 5.32 Å². The Balaban J connectivity index is 2.32. The van der Waals surface area contributed by atoms with Gasteiger partial charge in [0.1, 0.15) is 17.1 Å². The van der Waals surface area contributed by atoms with Crippen LogP contribution < -0.4 is 11.1 Å². The molecule has 0 fully saturated rings. The zero-order valence-corrected chi connectivity index (χ0v) is 8.75. The summed E-state index contributed by atoms with van der Waals surface area (Å²) in [6.07, 6.45) is -1.17. The van der Waals surface area contributed by atoms with Crippen LogP contribution in [0, 0.1) is 11.3 Å². The molecule has 0 aliphatic rings. The van der Waals surface area contributed by atoms with E-state index in [1.54, 1.807) is 6.07 Å². The molecule has 0 saturated carbocycles. The summed E-state index contributed by atoms with van der Waals surface area (Å²) in [5.74, 6) is -0.744. The van der Waals surface area contributed by atoms with E-state index in [1.165, 1.54) is 11.3 Å².